The summed E-state index contributed by atoms with van der Waals surface area (Å²) in [5.41, 5.74) is 5.00. The summed E-state index contributed by atoms with van der Waals surface area (Å²) in [7, 11) is 0. The van der Waals surface area contributed by atoms with Gasteiger partial charge in [-0.05, 0) is 49.4 Å². The zero-order valence-electron chi connectivity index (χ0n) is 16.0. The van der Waals surface area contributed by atoms with E-state index in [0.717, 1.165) is 38.1 Å². The Hall–Kier alpha value is -2.00. The molecule has 2 fully saturated rings. The summed E-state index contributed by atoms with van der Waals surface area (Å²) in [5, 5.41) is 2.58. The van der Waals surface area contributed by atoms with Crippen molar-refractivity contribution in [3.05, 3.63) is 29.3 Å². The van der Waals surface area contributed by atoms with Crippen LogP contribution in [0.5, 0.6) is 0 Å². The fraction of sp³-hybridized carbons (Fsp3) is 0.579. The summed E-state index contributed by atoms with van der Waals surface area (Å²) in [6.45, 7) is 2.29. The SMILES string of the molecule is Cl.NCc1cc(NC(=O)C2CCCN(C(=O)N3CCCC3)C2)cc(C(F)(F)F)c1. The van der Waals surface area contributed by atoms with Crippen molar-refractivity contribution in [2.75, 3.05) is 31.5 Å². The lowest BCUT2D eigenvalue weighted by molar-refractivity contribution is -0.137. The molecule has 2 aliphatic rings. The minimum Gasteiger partial charge on any atom is -0.326 e. The van der Waals surface area contributed by atoms with E-state index in [1.54, 1.807) is 9.80 Å². The third kappa shape index (κ3) is 5.76. The molecule has 3 N–H and O–H groups in total. The van der Waals surface area contributed by atoms with E-state index < -0.39 is 17.7 Å². The highest BCUT2D eigenvalue weighted by Gasteiger charge is 2.33. The van der Waals surface area contributed by atoms with Crippen LogP contribution in [0, 0.1) is 5.92 Å². The van der Waals surface area contributed by atoms with Crippen LogP contribution in [0.15, 0.2) is 18.2 Å². The number of likely N-dealkylation sites (tertiary alicyclic amines) is 2. The molecule has 1 aromatic rings. The molecule has 2 aliphatic heterocycles. The van der Waals surface area contributed by atoms with Gasteiger partial charge in [0.05, 0.1) is 11.5 Å². The Bertz CT molecular complexity index is 739. The van der Waals surface area contributed by atoms with Crippen molar-refractivity contribution in [3.63, 3.8) is 0 Å². The summed E-state index contributed by atoms with van der Waals surface area (Å²) in [5.74, 6) is -0.822. The number of anilines is 1. The lowest BCUT2D eigenvalue weighted by atomic mass is 9.97. The maximum Gasteiger partial charge on any atom is 0.416 e. The normalized spacial score (nSPS) is 19.7. The molecule has 6 nitrogen and oxygen atoms in total. The van der Waals surface area contributed by atoms with Crippen molar-refractivity contribution in [2.45, 2.75) is 38.4 Å². The number of hydrogen-bond acceptors (Lipinski definition) is 3. The summed E-state index contributed by atoms with van der Waals surface area (Å²) in [6.07, 6.45) is -1.26. The van der Waals surface area contributed by atoms with E-state index in [4.69, 9.17) is 5.73 Å². The number of amides is 3. The van der Waals surface area contributed by atoms with Crippen LogP contribution in [0.25, 0.3) is 0 Å². The van der Waals surface area contributed by atoms with E-state index >= 15 is 0 Å². The zero-order valence-corrected chi connectivity index (χ0v) is 16.8. The number of piperidine rings is 1. The zero-order chi connectivity index (χ0) is 20.3. The van der Waals surface area contributed by atoms with Gasteiger partial charge < -0.3 is 20.9 Å². The van der Waals surface area contributed by atoms with E-state index in [1.807, 2.05) is 0 Å². The first-order chi connectivity index (χ1) is 13.3. The molecule has 10 heteroatoms. The molecule has 29 heavy (non-hydrogen) atoms. The molecule has 0 spiro atoms. The predicted octanol–water partition coefficient (Wildman–Crippen LogP) is 3.45. The fourth-order valence-corrected chi connectivity index (χ4v) is 3.76. The van der Waals surface area contributed by atoms with E-state index in [9.17, 15) is 22.8 Å². The second-order valence-electron chi connectivity index (χ2n) is 7.37. The Balaban J connectivity index is 0.00000300. The Labute approximate surface area is 174 Å². The van der Waals surface area contributed by atoms with Gasteiger partial charge in [0, 0.05) is 38.4 Å². The number of urea groups is 1. The lowest BCUT2D eigenvalue weighted by Crippen LogP contribution is -2.48. The van der Waals surface area contributed by atoms with Crippen molar-refractivity contribution in [1.29, 1.82) is 0 Å². The topological polar surface area (TPSA) is 78.7 Å². The van der Waals surface area contributed by atoms with Gasteiger partial charge in [0.25, 0.3) is 0 Å². The molecule has 1 atom stereocenters. The summed E-state index contributed by atoms with van der Waals surface area (Å²) in [4.78, 5) is 28.7. The van der Waals surface area contributed by atoms with E-state index in [2.05, 4.69) is 5.32 Å². The van der Waals surface area contributed by atoms with Crippen LogP contribution in [-0.2, 0) is 17.5 Å². The van der Waals surface area contributed by atoms with Crippen molar-refractivity contribution >= 4 is 30.0 Å². The number of benzene rings is 1. The van der Waals surface area contributed by atoms with Crippen molar-refractivity contribution in [2.24, 2.45) is 11.7 Å². The number of halogens is 4. The van der Waals surface area contributed by atoms with E-state index in [1.165, 1.54) is 6.07 Å². The third-order valence-electron chi connectivity index (χ3n) is 5.26. The molecule has 1 unspecified atom stereocenters. The van der Waals surface area contributed by atoms with Crippen LogP contribution in [0.3, 0.4) is 0 Å². The maximum absolute atomic E-state index is 13.1. The van der Waals surface area contributed by atoms with Crippen LogP contribution in [0.2, 0.25) is 0 Å². The van der Waals surface area contributed by atoms with Gasteiger partial charge in [0.2, 0.25) is 5.91 Å². The van der Waals surface area contributed by atoms with Crippen LogP contribution in [0.4, 0.5) is 23.7 Å². The van der Waals surface area contributed by atoms with Gasteiger partial charge in [-0.25, -0.2) is 4.79 Å². The van der Waals surface area contributed by atoms with Gasteiger partial charge in [0.15, 0.2) is 0 Å². The number of rotatable bonds is 3. The molecule has 0 saturated carbocycles. The van der Waals surface area contributed by atoms with Gasteiger partial charge in [0.1, 0.15) is 0 Å². The molecule has 2 heterocycles. The highest BCUT2D eigenvalue weighted by molar-refractivity contribution is 5.93. The number of carbonyl (C=O) groups is 2. The fourth-order valence-electron chi connectivity index (χ4n) is 3.76. The second kappa shape index (κ2) is 9.67. The van der Waals surface area contributed by atoms with Gasteiger partial charge in [-0.15, -0.1) is 12.4 Å². The first-order valence-corrected chi connectivity index (χ1v) is 9.54. The molecule has 0 aliphatic carbocycles. The van der Waals surface area contributed by atoms with Gasteiger partial charge >= 0.3 is 12.2 Å². The minimum atomic E-state index is -4.52. The quantitative estimate of drug-likeness (QED) is 0.764. The molecule has 3 amide bonds. The number of carbonyl (C=O) groups excluding carboxylic acids is 2. The lowest BCUT2D eigenvalue weighted by Gasteiger charge is -2.34. The molecule has 2 saturated heterocycles. The predicted molar refractivity (Wildman–Crippen MR) is 106 cm³/mol. The van der Waals surface area contributed by atoms with Gasteiger partial charge in [-0.1, -0.05) is 0 Å². The smallest absolute Gasteiger partial charge is 0.326 e. The van der Waals surface area contributed by atoms with Crippen molar-refractivity contribution in [3.8, 4) is 0 Å². The van der Waals surface area contributed by atoms with Crippen LogP contribution in [-0.4, -0.2) is 47.9 Å². The van der Waals surface area contributed by atoms with Crippen LogP contribution < -0.4 is 11.1 Å². The van der Waals surface area contributed by atoms with Crippen molar-refractivity contribution < 1.29 is 22.8 Å². The molecule has 0 radical (unpaired) electrons. The molecular formula is C19H26ClF3N4O2. The molecule has 0 bridgehead atoms. The van der Waals surface area contributed by atoms with Gasteiger partial charge in [-0.2, -0.15) is 13.2 Å². The van der Waals surface area contributed by atoms with E-state index in [0.29, 0.717) is 24.9 Å². The highest BCUT2D eigenvalue weighted by Crippen LogP contribution is 2.32. The summed E-state index contributed by atoms with van der Waals surface area (Å²) < 4.78 is 39.2. The van der Waals surface area contributed by atoms with Crippen LogP contribution in [0.1, 0.15) is 36.8 Å². The van der Waals surface area contributed by atoms with Crippen LogP contribution >= 0.6 is 12.4 Å². The average molecular weight is 435 g/mol. The number of nitrogens with one attached hydrogen (secondary N) is 1. The Morgan fingerprint density at radius 3 is 2.34 bits per heavy atom. The monoisotopic (exact) mass is 434 g/mol. The minimum absolute atomic E-state index is 0. The molecule has 1 aromatic carbocycles. The molecular weight excluding hydrogens is 409 g/mol. The standard InChI is InChI=1S/C19H25F3N4O2.ClH/c20-19(21,22)15-8-13(11-23)9-16(10-15)24-17(27)14-4-3-7-26(12-14)18(28)25-5-1-2-6-25;/h8-10,14H,1-7,11-12,23H2,(H,24,27);1H. The highest BCUT2D eigenvalue weighted by atomic mass is 35.5. The number of nitrogens with two attached hydrogens (primary N) is 1. The molecule has 3 rings (SSSR count). The van der Waals surface area contributed by atoms with Gasteiger partial charge in [-0.3, -0.25) is 4.79 Å². The Kier molecular flexibility index (Phi) is 7.76. The Morgan fingerprint density at radius 2 is 1.72 bits per heavy atom. The summed E-state index contributed by atoms with van der Waals surface area (Å²) >= 11 is 0. The average Bonchev–Trinajstić information content (AvgIpc) is 3.21. The van der Waals surface area contributed by atoms with Crippen molar-refractivity contribution in [1.82, 2.24) is 9.80 Å². The largest absolute Gasteiger partial charge is 0.416 e. The molecule has 0 aromatic heterocycles. The maximum atomic E-state index is 13.1. The van der Waals surface area contributed by atoms with E-state index in [-0.39, 0.29) is 43.1 Å². The molecule has 162 valence electrons. The first kappa shape index (κ1) is 23.3. The second-order valence-corrected chi connectivity index (χ2v) is 7.37. The number of hydrogen-bond donors (Lipinski definition) is 2. The third-order valence-corrected chi connectivity index (χ3v) is 5.26. The number of nitrogens with zero attached hydrogens (tertiary/aromatic N) is 2. The first-order valence-electron chi connectivity index (χ1n) is 9.54. The number of alkyl halides is 3. The Morgan fingerprint density at radius 1 is 1.07 bits per heavy atom. The summed E-state index contributed by atoms with van der Waals surface area (Å²) in [6, 6.07) is 3.28.